The number of amides is 1. The summed E-state index contributed by atoms with van der Waals surface area (Å²) < 4.78 is 0. The number of pyridine rings is 1. The Kier molecular flexibility index (Phi) is 2.89. The Morgan fingerprint density at radius 2 is 2.05 bits per heavy atom. The minimum absolute atomic E-state index is 0.0327. The molecule has 1 amide bonds. The highest BCUT2D eigenvalue weighted by Crippen LogP contribution is 2.36. The molecular weight excluding hydrogens is 256 g/mol. The van der Waals surface area contributed by atoms with Crippen molar-refractivity contribution < 1.29 is 14.7 Å². The number of carboxylic acid groups (broad SMARTS) is 1. The van der Waals surface area contributed by atoms with Gasteiger partial charge in [-0.1, -0.05) is 24.3 Å². The summed E-state index contributed by atoms with van der Waals surface area (Å²) in [6.07, 6.45) is 0.0327. The summed E-state index contributed by atoms with van der Waals surface area (Å²) in [5.41, 5.74) is 1.44. The molecule has 5 heteroatoms. The van der Waals surface area contributed by atoms with Crippen LogP contribution in [0.25, 0.3) is 10.9 Å². The van der Waals surface area contributed by atoms with Crippen molar-refractivity contribution in [1.29, 1.82) is 0 Å². The second-order valence-corrected chi connectivity index (χ2v) is 5.03. The van der Waals surface area contributed by atoms with Gasteiger partial charge in [-0.05, 0) is 12.1 Å². The number of aromatic nitrogens is 1. The van der Waals surface area contributed by atoms with Gasteiger partial charge in [0.25, 0.3) is 0 Å². The molecule has 0 spiro atoms. The van der Waals surface area contributed by atoms with Gasteiger partial charge in [-0.2, -0.15) is 0 Å². The number of likely N-dealkylation sites (tertiary alicyclic amines) is 1. The number of hydrogen-bond acceptors (Lipinski definition) is 3. The van der Waals surface area contributed by atoms with Crippen molar-refractivity contribution in [3.8, 4) is 0 Å². The molecule has 0 saturated carbocycles. The topological polar surface area (TPSA) is 70.5 Å². The minimum Gasteiger partial charge on any atom is -0.481 e. The monoisotopic (exact) mass is 270 g/mol. The third-order valence-corrected chi connectivity index (χ3v) is 3.83. The lowest BCUT2D eigenvalue weighted by atomic mass is 9.97. The summed E-state index contributed by atoms with van der Waals surface area (Å²) in [6, 6.07) is 10.9. The van der Waals surface area contributed by atoms with Crippen molar-refractivity contribution in [1.82, 2.24) is 9.88 Å². The first kappa shape index (κ1) is 12.6. The maximum absolute atomic E-state index is 11.8. The quantitative estimate of drug-likeness (QED) is 0.904. The summed E-state index contributed by atoms with van der Waals surface area (Å²) in [5, 5.41) is 10.3. The van der Waals surface area contributed by atoms with Crippen LogP contribution in [0.3, 0.4) is 0 Å². The molecule has 1 aliphatic rings. The number of carbonyl (C=O) groups excluding carboxylic acids is 1. The molecule has 2 heterocycles. The van der Waals surface area contributed by atoms with Crippen molar-refractivity contribution in [2.75, 3.05) is 7.05 Å². The number of rotatable bonds is 2. The molecule has 1 N–H and O–H groups in total. The zero-order valence-corrected chi connectivity index (χ0v) is 11.0. The van der Waals surface area contributed by atoms with E-state index in [4.69, 9.17) is 0 Å². The maximum atomic E-state index is 11.8. The molecule has 1 aromatic heterocycles. The highest BCUT2D eigenvalue weighted by atomic mass is 16.4. The van der Waals surface area contributed by atoms with E-state index >= 15 is 0 Å². The number of nitrogens with zero attached hydrogens (tertiary/aromatic N) is 2. The summed E-state index contributed by atoms with van der Waals surface area (Å²) in [7, 11) is 1.63. The first-order chi connectivity index (χ1) is 9.58. The summed E-state index contributed by atoms with van der Waals surface area (Å²) in [6.45, 7) is 0. The molecule has 3 rings (SSSR count). The van der Waals surface area contributed by atoms with E-state index in [1.807, 2.05) is 30.3 Å². The molecule has 2 atom stereocenters. The number of aliphatic carboxylic acids is 1. The lowest BCUT2D eigenvalue weighted by Crippen LogP contribution is -2.27. The third-order valence-electron chi connectivity index (χ3n) is 3.83. The van der Waals surface area contributed by atoms with Gasteiger partial charge in [-0.3, -0.25) is 14.6 Å². The average Bonchev–Trinajstić information content (AvgIpc) is 2.75. The molecule has 1 aromatic carbocycles. The van der Waals surface area contributed by atoms with E-state index < -0.39 is 17.9 Å². The van der Waals surface area contributed by atoms with Crippen LogP contribution < -0.4 is 0 Å². The highest BCUT2D eigenvalue weighted by Gasteiger charge is 2.43. The molecule has 0 bridgehead atoms. The molecule has 2 unspecified atom stereocenters. The van der Waals surface area contributed by atoms with Crippen molar-refractivity contribution in [2.24, 2.45) is 5.92 Å². The molecule has 5 nitrogen and oxygen atoms in total. The summed E-state index contributed by atoms with van der Waals surface area (Å²) in [4.78, 5) is 29.1. The predicted octanol–water partition coefficient (Wildman–Crippen LogP) is 1.84. The van der Waals surface area contributed by atoms with Crippen LogP contribution in [0.5, 0.6) is 0 Å². The van der Waals surface area contributed by atoms with Crippen LogP contribution in [-0.4, -0.2) is 33.9 Å². The van der Waals surface area contributed by atoms with Crippen molar-refractivity contribution in [3.63, 3.8) is 0 Å². The van der Waals surface area contributed by atoms with E-state index in [2.05, 4.69) is 4.98 Å². The van der Waals surface area contributed by atoms with Crippen LogP contribution in [0.1, 0.15) is 18.2 Å². The second-order valence-electron chi connectivity index (χ2n) is 5.03. The zero-order valence-electron chi connectivity index (χ0n) is 11.0. The molecular formula is C15H14N2O3. The van der Waals surface area contributed by atoms with Gasteiger partial charge in [-0.15, -0.1) is 0 Å². The van der Waals surface area contributed by atoms with Crippen molar-refractivity contribution in [2.45, 2.75) is 12.5 Å². The van der Waals surface area contributed by atoms with Gasteiger partial charge >= 0.3 is 5.97 Å². The molecule has 1 fully saturated rings. The van der Waals surface area contributed by atoms with Gasteiger partial charge in [0, 0.05) is 18.9 Å². The van der Waals surface area contributed by atoms with Gasteiger partial charge in [-0.25, -0.2) is 0 Å². The Morgan fingerprint density at radius 3 is 2.80 bits per heavy atom. The number of fused-ring (bicyclic) bond motifs is 1. The third kappa shape index (κ3) is 1.91. The lowest BCUT2D eigenvalue weighted by Gasteiger charge is -2.22. The normalized spacial score (nSPS) is 22.4. The second kappa shape index (κ2) is 4.59. The van der Waals surface area contributed by atoms with Crippen LogP contribution in [0.4, 0.5) is 0 Å². The number of carboxylic acids is 1. The molecule has 1 aliphatic heterocycles. The Balaban J connectivity index is 2.08. The lowest BCUT2D eigenvalue weighted by molar-refractivity contribution is -0.142. The van der Waals surface area contributed by atoms with Crippen molar-refractivity contribution >= 4 is 22.8 Å². The minimum atomic E-state index is -0.956. The molecule has 20 heavy (non-hydrogen) atoms. The van der Waals surface area contributed by atoms with E-state index in [9.17, 15) is 14.7 Å². The Morgan fingerprint density at radius 1 is 1.30 bits per heavy atom. The van der Waals surface area contributed by atoms with E-state index in [1.54, 1.807) is 13.1 Å². The largest absolute Gasteiger partial charge is 0.481 e. The van der Waals surface area contributed by atoms with Gasteiger partial charge in [0.15, 0.2) is 0 Å². The van der Waals surface area contributed by atoms with E-state index in [-0.39, 0.29) is 12.3 Å². The molecule has 2 aromatic rings. The van der Waals surface area contributed by atoms with Crippen LogP contribution in [-0.2, 0) is 9.59 Å². The molecule has 1 saturated heterocycles. The summed E-state index contributed by atoms with van der Waals surface area (Å²) >= 11 is 0. The van der Waals surface area contributed by atoms with E-state index in [0.29, 0.717) is 5.69 Å². The maximum Gasteiger partial charge on any atom is 0.309 e. The fourth-order valence-corrected chi connectivity index (χ4v) is 2.74. The van der Waals surface area contributed by atoms with Gasteiger partial charge in [0.2, 0.25) is 5.91 Å². The van der Waals surface area contributed by atoms with Crippen LogP contribution in [0.15, 0.2) is 36.4 Å². The fraction of sp³-hybridized carbons (Fsp3) is 0.267. The number of hydrogen-bond donors (Lipinski definition) is 1. The Bertz CT molecular complexity index is 698. The standard InChI is InChI=1S/C15H14N2O3/c1-17-13(18)8-10(15(19)20)14(17)12-7-6-9-4-2-3-5-11(9)16-12/h2-7,10,14H,8H2,1H3,(H,19,20). The molecule has 0 radical (unpaired) electrons. The van der Waals surface area contributed by atoms with Gasteiger partial charge in [0.1, 0.15) is 0 Å². The zero-order chi connectivity index (χ0) is 14.3. The SMILES string of the molecule is CN1C(=O)CC(C(=O)O)C1c1ccc2ccccc2n1. The highest BCUT2D eigenvalue weighted by molar-refractivity contribution is 5.87. The molecule has 102 valence electrons. The average molecular weight is 270 g/mol. The predicted molar refractivity (Wildman–Crippen MR) is 73.0 cm³/mol. The van der Waals surface area contributed by atoms with E-state index in [1.165, 1.54) is 4.90 Å². The number of para-hydroxylation sites is 1. The number of carbonyl (C=O) groups is 2. The smallest absolute Gasteiger partial charge is 0.309 e. The van der Waals surface area contributed by atoms with E-state index in [0.717, 1.165) is 10.9 Å². The van der Waals surface area contributed by atoms with Crippen LogP contribution >= 0.6 is 0 Å². The molecule has 0 aliphatic carbocycles. The van der Waals surface area contributed by atoms with Gasteiger partial charge < -0.3 is 10.0 Å². The first-order valence-corrected chi connectivity index (χ1v) is 6.42. The first-order valence-electron chi connectivity index (χ1n) is 6.42. The Labute approximate surface area is 115 Å². The summed E-state index contributed by atoms with van der Waals surface area (Å²) in [5.74, 6) is -1.85. The van der Waals surface area contributed by atoms with Gasteiger partial charge in [0.05, 0.1) is 23.2 Å². The van der Waals surface area contributed by atoms with Crippen LogP contribution in [0, 0.1) is 5.92 Å². The number of benzene rings is 1. The van der Waals surface area contributed by atoms with Crippen molar-refractivity contribution in [3.05, 3.63) is 42.1 Å². The van der Waals surface area contributed by atoms with Crippen LogP contribution in [0.2, 0.25) is 0 Å². The Hall–Kier alpha value is -2.43. The fourth-order valence-electron chi connectivity index (χ4n) is 2.74.